The molecule has 0 aliphatic carbocycles. The van der Waals surface area contributed by atoms with E-state index in [2.05, 4.69) is 43.4 Å². The van der Waals surface area contributed by atoms with E-state index in [1.54, 1.807) is 0 Å². The normalized spacial score (nSPS) is 10.9. The third kappa shape index (κ3) is 8.87. The van der Waals surface area contributed by atoms with Gasteiger partial charge in [0.2, 0.25) is 5.91 Å². The molecule has 0 spiro atoms. The van der Waals surface area contributed by atoms with Gasteiger partial charge in [-0.15, -0.1) is 0 Å². The Balaban J connectivity index is 1.57. The van der Waals surface area contributed by atoms with Crippen molar-refractivity contribution in [1.82, 2.24) is 5.32 Å². The average Bonchev–Trinajstić information content (AvgIpc) is 2.68. The maximum absolute atomic E-state index is 12.1. The van der Waals surface area contributed by atoms with Crippen LogP contribution in [0.2, 0.25) is 0 Å². The molecule has 0 saturated carbocycles. The van der Waals surface area contributed by atoms with Crippen molar-refractivity contribution in [2.24, 2.45) is 0 Å². The summed E-state index contributed by atoms with van der Waals surface area (Å²) in [5.74, 6) is 0.104. The van der Waals surface area contributed by atoms with Gasteiger partial charge in [0.05, 0.1) is 12.5 Å². The van der Waals surface area contributed by atoms with Gasteiger partial charge in [-0.25, -0.2) is 0 Å². The van der Waals surface area contributed by atoms with E-state index in [4.69, 9.17) is 4.74 Å². The van der Waals surface area contributed by atoms with Gasteiger partial charge in [-0.1, -0.05) is 73.9 Å². The molecule has 0 fully saturated rings. The van der Waals surface area contributed by atoms with Gasteiger partial charge in [-0.3, -0.25) is 4.79 Å². The lowest BCUT2D eigenvalue weighted by Gasteiger charge is -2.08. The molecule has 2 rings (SSSR count). The van der Waals surface area contributed by atoms with E-state index in [1.165, 1.54) is 24.0 Å². The first kappa shape index (κ1) is 21.2. The molecule has 3 heteroatoms. The molecule has 2 aromatic carbocycles. The number of benzene rings is 2. The Morgan fingerprint density at radius 2 is 1.48 bits per heavy atom. The minimum Gasteiger partial charge on any atom is -0.379 e. The standard InChI is InChI=1S/C24H33NO2/c1-20(2)27-18-10-5-3-4-9-17-25-24(26)19-21-13-15-23(16-14-21)22-11-7-6-8-12-22/h6-8,11-16,20H,3-5,9-10,17-19H2,1-2H3,(H,25,26). The van der Waals surface area contributed by atoms with Gasteiger partial charge in [0, 0.05) is 13.2 Å². The Morgan fingerprint density at radius 3 is 2.19 bits per heavy atom. The number of hydrogen-bond donors (Lipinski definition) is 1. The van der Waals surface area contributed by atoms with Crippen LogP contribution in [0.15, 0.2) is 54.6 Å². The van der Waals surface area contributed by atoms with Crippen LogP contribution in [0.5, 0.6) is 0 Å². The minimum atomic E-state index is 0.104. The van der Waals surface area contributed by atoms with Gasteiger partial charge in [-0.2, -0.15) is 0 Å². The smallest absolute Gasteiger partial charge is 0.224 e. The zero-order valence-electron chi connectivity index (χ0n) is 16.7. The highest BCUT2D eigenvalue weighted by Gasteiger charge is 2.04. The van der Waals surface area contributed by atoms with E-state index in [1.807, 2.05) is 30.3 Å². The molecule has 3 nitrogen and oxygen atoms in total. The Hall–Kier alpha value is -2.13. The molecule has 0 saturated heterocycles. The van der Waals surface area contributed by atoms with Crippen molar-refractivity contribution in [3.8, 4) is 11.1 Å². The first-order valence-corrected chi connectivity index (χ1v) is 10.2. The van der Waals surface area contributed by atoms with Crippen LogP contribution in [0.4, 0.5) is 0 Å². The van der Waals surface area contributed by atoms with Crippen molar-refractivity contribution in [2.45, 2.75) is 58.5 Å². The van der Waals surface area contributed by atoms with Crippen molar-refractivity contribution < 1.29 is 9.53 Å². The first-order chi connectivity index (χ1) is 13.1. The predicted molar refractivity (Wildman–Crippen MR) is 113 cm³/mol. The Kier molecular flexibility index (Phi) is 9.64. The third-order valence-electron chi connectivity index (χ3n) is 4.52. The SMILES string of the molecule is CC(C)OCCCCCCCNC(=O)Cc1ccc(-c2ccccc2)cc1. The van der Waals surface area contributed by atoms with Crippen LogP contribution < -0.4 is 5.32 Å². The Morgan fingerprint density at radius 1 is 0.852 bits per heavy atom. The molecule has 2 aromatic rings. The summed E-state index contributed by atoms with van der Waals surface area (Å²) in [5.41, 5.74) is 3.43. The summed E-state index contributed by atoms with van der Waals surface area (Å²) in [6.45, 7) is 5.77. The highest BCUT2D eigenvalue weighted by molar-refractivity contribution is 5.78. The van der Waals surface area contributed by atoms with E-state index in [0.717, 1.165) is 38.0 Å². The fraction of sp³-hybridized carbons (Fsp3) is 0.458. The molecule has 1 N–H and O–H groups in total. The lowest BCUT2D eigenvalue weighted by atomic mass is 10.0. The van der Waals surface area contributed by atoms with Gasteiger partial charge in [0.25, 0.3) is 0 Å². The van der Waals surface area contributed by atoms with Gasteiger partial charge >= 0.3 is 0 Å². The predicted octanol–water partition coefficient (Wildman–Crippen LogP) is 5.39. The molecule has 0 aliphatic heterocycles. The fourth-order valence-corrected chi connectivity index (χ4v) is 3.00. The lowest BCUT2D eigenvalue weighted by molar-refractivity contribution is -0.120. The molecule has 0 atom stereocenters. The van der Waals surface area contributed by atoms with Crippen LogP contribution in [0.3, 0.4) is 0 Å². The van der Waals surface area contributed by atoms with Crippen molar-refractivity contribution in [3.05, 3.63) is 60.2 Å². The maximum atomic E-state index is 12.1. The molecule has 1 amide bonds. The number of ether oxygens (including phenoxy) is 1. The molecule has 0 unspecified atom stereocenters. The van der Waals surface area contributed by atoms with Gasteiger partial charge in [-0.05, 0) is 43.4 Å². The second-order valence-electron chi connectivity index (χ2n) is 7.28. The quantitative estimate of drug-likeness (QED) is 0.511. The van der Waals surface area contributed by atoms with Crippen molar-refractivity contribution in [2.75, 3.05) is 13.2 Å². The summed E-state index contributed by atoms with van der Waals surface area (Å²) in [6, 6.07) is 18.5. The molecule has 0 heterocycles. The van der Waals surface area contributed by atoms with Crippen LogP contribution in [-0.2, 0) is 16.0 Å². The Labute approximate surface area is 164 Å². The van der Waals surface area contributed by atoms with E-state index < -0.39 is 0 Å². The molecule has 0 radical (unpaired) electrons. The zero-order chi connectivity index (χ0) is 19.3. The molecule has 146 valence electrons. The number of unbranched alkanes of at least 4 members (excludes halogenated alkanes) is 4. The highest BCUT2D eigenvalue weighted by Crippen LogP contribution is 2.19. The maximum Gasteiger partial charge on any atom is 0.224 e. The van der Waals surface area contributed by atoms with Crippen molar-refractivity contribution in [3.63, 3.8) is 0 Å². The molecular formula is C24H33NO2. The minimum absolute atomic E-state index is 0.104. The molecule has 0 aliphatic rings. The number of carbonyl (C=O) groups is 1. The summed E-state index contributed by atoms with van der Waals surface area (Å²) in [6.07, 6.45) is 6.52. The van der Waals surface area contributed by atoms with E-state index in [-0.39, 0.29) is 5.91 Å². The third-order valence-corrected chi connectivity index (χ3v) is 4.52. The number of hydrogen-bond acceptors (Lipinski definition) is 2. The van der Waals surface area contributed by atoms with Crippen LogP contribution in [0.1, 0.15) is 51.5 Å². The number of amides is 1. The van der Waals surface area contributed by atoms with Crippen LogP contribution in [0, 0.1) is 0 Å². The Bertz CT molecular complexity index is 650. The summed E-state index contributed by atoms with van der Waals surface area (Å²) in [4.78, 5) is 12.1. The summed E-state index contributed by atoms with van der Waals surface area (Å²) < 4.78 is 5.53. The molecule has 0 aromatic heterocycles. The van der Waals surface area contributed by atoms with Crippen molar-refractivity contribution in [1.29, 1.82) is 0 Å². The molecular weight excluding hydrogens is 334 g/mol. The van der Waals surface area contributed by atoms with Gasteiger partial charge in [0.15, 0.2) is 0 Å². The lowest BCUT2D eigenvalue weighted by Crippen LogP contribution is -2.26. The molecule has 27 heavy (non-hydrogen) atoms. The number of carbonyl (C=O) groups excluding carboxylic acids is 1. The molecule has 0 bridgehead atoms. The van der Waals surface area contributed by atoms with Crippen molar-refractivity contribution >= 4 is 5.91 Å². The first-order valence-electron chi connectivity index (χ1n) is 10.2. The van der Waals surface area contributed by atoms with E-state index in [9.17, 15) is 4.79 Å². The largest absolute Gasteiger partial charge is 0.379 e. The van der Waals surface area contributed by atoms with E-state index >= 15 is 0 Å². The summed E-state index contributed by atoms with van der Waals surface area (Å²) in [5, 5.41) is 3.03. The van der Waals surface area contributed by atoms with Crippen LogP contribution in [-0.4, -0.2) is 25.2 Å². The summed E-state index contributed by atoms with van der Waals surface area (Å²) in [7, 11) is 0. The van der Waals surface area contributed by atoms with Crippen LogP contribution >= 0.6 is 0 Å². The average molecular weight is 368 g/mol. The second-order valence-corrected chi connectivity index (χ2v) is 7.28. The fourth-order valence-electron chi connectivity index (χ4n) is 3.00. The van der Waals surface area contributed by atoms with Gasteiger partial charge < -0.3 is 10.1 Å². The number of rotatable bonds is 12. The van der Waals surface area contributed by atoms with E-state index in [0.29, 0.717) is 12.5 Å². The van der Waals surface area contributed by atoms with Crippen LogP contribution in [0.25, 0.3) is 11.1 Å². The second kappa shape index (κ2) is 12.3. The highest BCUT2D eigenvalue weighted by atomic mass is 16.5. The topological polar surface area (TPSA) is 38.3 Å². The monoisotopic (exact) mass is 367 g/mol. The number of nitrogens with one attached hydrogen (secondary N) is 1. The van der Waals surface area contributed by atoms with Gasteiger partial charge in [0.1, 0.15) is 0 Å². The zero-order valence-corrected chi connectivity index (χ0v) is 16.7. The summed E-state index contributed by atoms with van der Waals surface area (Å²) >= 11 is 0.